The van der Waals surface area contributed by atoms with E-state index in [9.17, 15) is 18.4 Å². The maximum absolute atomic E-state index is 14.6. The van der Waals surface area contributed by atoms with Crippen LogP contribution in [0.15, 0.2) is 59.8 Å². The van der Waals surface area contributed by atoms with Crippen LogP contribution in [0, 0.1) is 11.6 Å². The van der Waals surface area contributed by atoms with Gasteiger partial charge in [-0.1, -0.05) is 36.4 Å². The van der Waals surface area contributed by atoms with Crippen molar-refractivity contribution in [2.45, 2.75) is 19.5 Å². The van der Waals surface area contributed by atoms with Crippen molar-refractivity contribution in [3.05, 3.63) is 82.6 Å². The van der Waals surface area contributed by atoms with Crippen LogP contribution < -0.4 is 5.32 Å². The average Bonchev–Trinajstić information content (AvgIpc) is 2.77. The SMILES string of the molecule is CC1=C(C(=O)N2CCOCC2)C(c2ccc(F)cc2F)NC(=O)N1Cc1ccccc1. The molecule has 0 spiro atoms. The van der Waals surface area contributed by atoms with E-state index in [-0.39, 0.29) is 23.6 Å². The number of carbonyl (C=O) groups is 2. The van der Waals surface area contributed by atoms with Crippen LogP contribution in [0.5, 0.6) is 0 Å². The van der Waals surface area contributed by atoms with Crippen LogP contribution >= 0.6 is 0 Å². The van der Waals surface area contributed by atoms with Gasteiger partial charge >= 0.3 is 6.03 Å². The molecular weight excluding hydrogens is 404 g/mol. The number of nitrogens with one attached hydrogen (secondary N) is 1. The third-order valence-electron chi connectivity index (χ3n) is 5.58. The Morgan fingerprint density at radius 2 is 1.84 bits per heavy atom. The first-order valence-electron chi connectivity index (χ1n) is 10.1. The second-order valence-corrected chi connectivity index (χ2v) is 7.52. The van der Waals surface area contributed by atoms with Gasteiger partial charge in [-0.2, -0.15) is 0 Å². The molecule has 2 aliphatic heterocycles. The zero-order valence-electron chi connectivity index (χ0n) is 17.1. The van der Waals surface area contributed by atoms with Gasteiger partial charge in [0.05, 0.1) is 31.4 Å². The summed E-state index contributed by atoms with van der Waals surface area (Å²) in [6.07, 6.45) is 0. The molecule has 0 aromatic heterocycles. The third-order valence-corrected chi connectivity index (χ3v) is 5.58. The first-order valence-corrected chi connectivity index (χ1v) is 10.1. The number of carbonyl (C=O) groups excluding carboxylic acids is 2. The molecule has 1 N–H and O–H groups in total. The van der Waals surface area contributed by atoms with Crippen molar-refractivity contribution in [3.8, 4) is 0 Å². The van der Waals surface area contributed by atoms with Crippen molar-refractivity contribution in [2.24, 2.45) is 0 Å². The van der Waals surface area contributed by atoms with Crippen LogP contribution in [0.4, 0.5) is 13.6 Å². The van der Waals surface area contributed by atoms with E-state index >= 15 is 0 Å². The van der Waals surface area contributed by atoms with Gasteiger partial charge in [0, 0.05) is 30.4 Å². The summed E-state index contributed by atoms with van der Waals surface area (Å²) in [6.45, 7) is 3.57. The van der Waals surface area contributed by atoms with E-state index in [1.54, 1.807) is 11.8 Å². The minimum absolute atomic E-state index is 0.0464. The predicted octanol–water partition coefficient (Wildman–Crippen LogP) is 3.36. The monoisotopic (exact) mass is 427 g/mol. The Balaban J connectivity index is 1.77. The highest BCUT2D eigenvalue weighted by Crippen LogP contribution is 2.34. The first kappa shape index (κ1) is 21.0. The highest BCUT2D eigenvalue weighted by molar-refractivity contribution is 5.98. The molecule has 0 bridgehead atoms. The zero-order chi connectivity index (χ0) is 22.0. The molecule has 4 rings (SSSR count). The standard InChI is InChI=1S/C23H23F2N3O3/c1-15-20(22(29)27-9-11-31-12-10-27)21(18-8-7-17(24)13-19(18)25)26-23(30)28(15)14-16-5-3-2-4-6-16/h2-8,13,21H,9-12,14H2,1H3,(H,26,30). The molecule has 0 aliphatic carbocycles. The van der Waals surface area contributed by atoms with Gasteiger partial charge in [0.2, 0.25) is 0 Å². The summed E-state index contributed by atoms with van der Waals surface area (Å²) in [5.74, 6) is -1.84. The maximum Gasteiger partial charge on any atom is 0.322 e. The largest absolute Gasteiger partial charge is 0.378 e. The normalized spacial score (nSPS) is 19.5. The zero-order valence-corrected chi connectivity index (χ0v) is 17.1. The summed E-state index contributed by atoms with van der Waals surface area (Å²) >= 11 is 0. The fourth-order valence-corrected chi connectivity index (χ4v) is 3.92. The molecule has 2 aromatic rings. The Bertz CT molecular complexity index is 1020. The van der Waals surface area contributed by atoms with Crippen molar-refractivity contribution in [3.63, 3.8) is 0 Å². The van der Waals surface area contributed by atoms with Gasteiger partial charge in [-0.15, -0.1) is 0 Å². The lowest BCUT2D eigenvalue weighted by Gasteiger charge is -2.38. The van der Waals surface area contributed by atoms with E-state index in [1.165, 1.54) is 11.0 Å². The topological polar surface area (TPSA) is 61.9 Å². The van der Waals surface area contributed by atoms with Gasteiger partial charge < -0.3 is 15.0 Å². The number of halogens is 2. The van der Waals surface area contributed by atoms with Crippen LogP contribution in [-0.2, 0) is 16.1 Å². The van der Waals surface area contributed by atoms with Crippen LogP contribution in [0.25, 0.3) is 0 Å². The number of urea groups is 1. The second-order valence-electron chi connectivity index (χ2n) is 7.52. The Morgan fingerprint density at radius 1 is 1.13 bits per heavy atom. The Labute approximate surface area is 179 Å². The summed E-state index contributed by atoms with van der Waals surface area (Å²) in [5, 5.41) is 2.75. The van der Waals surface area contributed by atoms with Gasteiger partial charge in [0.25, 0.3) is 5.91 Å². The van der Waals surface area contributed by atoms with E-state index in [0.29, 0.717) is 32.0 Å². The highest BCUT2D eigenvalue weighted by Gasteiger charge is 2.38. The lowest BCUT2D eigenvalue weighted by molar-refractivity contribution is -0.131. The van der Waals surface area contributed by atoms with Gasteiger partial charge in [-0.05, 0) is 18.6 Å². The van der Waals surface area contributed by atoms with Crippen molar-refractivity contribution in [1.29, 1.82) is 0 Å². The number of allylic oxidation sites excluding steroid dienone is 1. The number of benzene rings is 2. The second kappa shape index (κ2) is 8.85. The summed E-state index contributed by atoms with van der Waals surface area (Å²) in [7, 11) is 0. The molecule has 2 heterocycles. The smallest absolute Gasteiger partial charge is 0.322 e. The molecule has 1 atom stereocenters. The molecule has 162 valence electrons. The van der Waals surface area contributed by atoms with Gasteiger partial charge in [0.15, 0.2) is 0 Å². The quantitative estimate of drug-likeness (QED) is 0.814. The summed E-state index contributed by atoms with van der Waals surface area (Å²) < 4.78 is 33.5. The molecule has 2 aromatic carbocycles. The molecule has 2 aliphatic rings. The van der Waals surface area contributed by atoms with Crippen molar-refractivity contribution in [1.82, 2.24) is 15.1 Å². The number of nitrogens with zero attached hydrogens (tertiary/aromatic N) is 2. The van der Waals surface area contributed by atoms with E-state index < -0.39 is 23.7 Å². The maximum atomic E-state index is 14.6. The third kappa shape index (κ3) is 4.29. The van der Waals surface area contributed by atoms with Crippen molar-refractivity contribution < 1.29 is 23.1 Å². The average molecular weight is 427 g/mol. The Kier molecular flexibility index (Phi) is 5.99. The molecule has 3 amide bonds. The lowest BCUT2D eigenvalue weighted by Crippen LogP contribution is -2.51. The van der Waals surface area contributed by atoms with Gasteiger partial charge in [-0.3, -0.25) is 9.69 Å². The fraction of sp³-hybridized carbons (Fsp3) is 0.304. The van der Waals surface area contributed by atoms with Crippen LogP contribution in [0.2, 0.25) is 0 Å². The van der Waals surface area contributed by atoms with E-state index in [0.717, 1.165) is 17.7 Å². The van der Waals surface area contributed by atoms with Gasteiger partial charge in [0.1, 0.15) is 11.6 Å². The molecule has 0 radical (unpaired) electrons. The predicted molar refractivity (Wildman–Crippen MR) is 110 cm³/mol. The highest BCUT2D eigenvalue weighted by atomic mass is 19.1. The molecule has 8 heteroatoms. The number of hydrogen-bond donors (Lipinski definition) is 1. The first-order chi connectivity index (χ1) is 15.0. The van der Waals surface area contributed by atoms with E-state index in [4.69, 9.17) is 4.74 Å². The summed E-state index contributed by atoms with van der Waals surface area (Å²) in [6, 6.07) is 11.1. The molecular formula is C23H23F2N3O3. The molecule has 1 saturated heterocycles. The fourth-order valence-electron chi connectivity index (χ4n) is 3.92. The minimum Gasteiger partial charge on any atom is -0.378 e. The minimum atomic E-state index is -1.02. The molecule has 1 fully saturated rings. The Hall–Kier alpha value is -3.26. The van der Waals surface area contributed by atoms with Crippen LogP contribution in [-0.4, -0.2) is 48.0 Å². The van der Waals surface area contributed by atoms with E-state index in [2.05, 4.69) is 5.32 Å². The molecule has 1 unspecified atom stereocenters. The Morgan fingerprint density at radius 3 is 2.52 bits per heavy atom. The van der Waals surface area contributed by atoms with Crippen molar-refractivity contribution in [2.75, 3.05) is 26.3 Å². The number of amides is 3. The number of rotatable bonds is 4. The van der Waals surface area contributed by atoms with E-state index in [1.807, 2.05) is 30.3 Å². The van der Waals surface area contributed by atoms with Crippen molar-refractivity contribution >= 4 is 11.9 Å². The molecule has 31 heavy (non-hydrogen) atoms. The lowest BCUT2D eigenvalue weighted by atomic mass is 9.93. The van der Waals surface area contributed by atoms with Crippen LogP contribution in [0.3, 0.4) is 0 Å². The van der Waals surface area contributed by atoms with Crippen LogP contribution in [0.1, 0.15) is 24.1 Å². The number of hydrogen-bond acceptors (Lipinski definition) is 3. The summed E-state index contributed by atoms with van der Waals surface area (Å²) in [4.78, 5) is 29.5. The van der Waals surface area contributed by atoms with Gasteiger partial charge in [-0.25, -0.2) is 13.6 Å². The molecule has 6 nitrogen and oxygen atoms in total. The number of ether oxygens (including phenoxy) is 1. The molecule has 0 saturated carbocycles. The number of morpholine rings is 1. The summed E-state index contributed by atoms with van der Waals surface area (Å²) in [5.41, 5.74) is 1.65.